The van der Waals surface area contributed by atoms with Crippen LogP contribution >= 0.6 is 11.6 Å². The van der Waals surface area contributed by atoms with E-state index >= 15 is 0 Å². The Morgan fingerprint density at radius 3 is 2.34 bits per heavy atom. The second-order valence-corrected chi connectivity index (χ2v) is 7.96. The van der Waals surface area contributed by atoms with Crippen LogP contribution in [-0.4, -0.2) is 29.3 Å². The number of hydrogen-bond acceptors (Lipinski definition) is 2. The van der Waals surface area contributed by atoms with Gasteiger partial charge in [0.2, 0.25) is 11.8 Å². The lowest BCUT2D eigenvalue weighted by Crippen LogP contribution is -2.51. The van der Waals surface area contributed by atoms with Crippen molar-refractivity contribution in [1.29, 1.82) is 0 Å². The van der Waals surface area contributed by atoms with Crippen molar-refractivity contribution in [2.24, 2.45) is 0 Å². The number of benzene rings is 3. The largest absolute Gasteiger partial charge is 0.355 e. The SMILES string of the molecule is CCNC(=O)[C@@H](Cc1ccccc1)N(Cc1ccccc1F)C(=O)Cc1cccc(Cl)c1. The van der Waals surface area contributed by atoms with Crippen LogP contribution in [0, 0.1) is 5.82 Å². The summed E-state index contributed by atoms with van der Waals surface area (Å²) in [5, 5.41) is 3.36. The molecule has 4 nitrogen and oxygen atoms in total. The molecule has 0 aromatic heterocycles. The molecule has 0 aliphatic carbocycles. The third-order valence-corrected chi connectivity index (χ3v) is 5.40. The van der Waals surface area contributed by atoms with Gasteiger partial charge in [0.25, 0.3) is 0 Å². The van der Waals surface area contributed by atoms with Gasteiger partial charge in [0.15, 0.2) is 0 Å². The highest BCUT2D eigenvalue weighted by molar-refractivity contribution is 6.30. The molecule has 166 valence electrons. The van der Waals surface area contributed by atoms with E-state index in [4.69, 9.17) is 11.6 Å². The van der Waals surface area contributed by atoms with Crippen molar-refractivity contribution >= 4 is 23.4 Å². The monoisotopic (exact) mass is 452 g/mol. The lowest BCUT2D eigenvalue weighted by molar-refractivity contribution is -0.140. The average molecular weight is 453 g/mol. The summed E-state index contributed by atoms with van der Waals surface area (Å²) in [6.07, 6.45) is 0.377. The molecule has 3 aromatic carbocycles. The summed E-state index contributed by atoms with van der Waals surface area (Å²) in [4.78, 5) is 28.0. The van der Waals surface area contributed by atoms with Gasteiger partial charge < -0.3 is 10.2 Å². The molecule has 2 amide bonds. The molecule has 3 rings (SSSR count). The van der Waals surface area contributed by atoms with Gasteiger partial charge in [0, 0.05) is 30.1 Å². The van der Waals surface area contributed by atoms with Crippen LogP contribution in [0.5, 0.6) is 0 Å². The molecule has 0 aliphatic rings. The number of nitrogens with zero attached hydrogens (tertiary/aromatic N) is 1. The maximum Gasteiger partial charge on any atom is 0.243 e. The smallest absolute Gasteiger partial charge is 0.243 e. The van der Waals surface area contributed by atoms with Crippen LogP contribution in [0.15, 0.2) is 78.9 Å². The third-order valence-electron chi connectivity index (χ3n) is 5.17. The molecule has 1 atom stereocenters. The first kappa shape index (κ1) is 23.5. The minimum Gasteiger partial charge on any atom is -0.355 e. The van der Waals surface area contributed by atoms with Crippen LogP contribution in [-0.2, 0) is 29.0 Å². The Labute approximate surface area is 193 Å². The Kier molecular flexibility index (Phi) is 8.40. The normalized spacial score (nSPS) is 11.6. The predicted molar refractivity (Wildman–Crippen MR) is 125 cm³/mol. The zero-order valence-electron chi connectivity index (χ0n) is 17.9. The fourth-order valence-corrected chi connectivity index (χ4v) is 3.79. The van der Waals surface area contributed by atoms with Gasteiger partial charge in [0.1, 0.15) is 11.9 Å². The molecule has 0 bridgehead atoms. The van der Waals surface area contributed by atoms with Crippen LogP contribution < -0.4 is 5.32 Å². The van der Waals surface area contributed by atoms with Crippen molar-refractivity contribution in [2.45, 2.75) is 32.4 Å². The molecule has 32 heavy (non-hydrogen) atoms. The number of hydrogen-bond donors (Lipinski definition) is 1. The maximum absolute atomic E-state index is 14.5. The van der Waals surface area contributed by atoms with Crippen LogP contribution in [0.3, 0.4) is 0 Å². The Bertz CT molecular complexity index is 1060. The Hall–Kier alpha value is -3.18. The maximum atomic E-state index is 14.5. The predicted octanol–water partition coefficient (Wildman–Crippen LogP) is 4.80. The molecule has 0 aliphatic heterocycles. The van der Waals surface area contributed by atoms with E-state index in [1.807, 2.05) is 43.3 Å². The van der Waals surface area contributed by atoms with E-state index < -0.39 is 11.9 Å². The highest BCUT2D eigenvalue weighted by Crippen LogP contribution is 2.19. The average Bonchev–Trinajstić information content (AvgIpc) is 2.78. The number of likely N-dealkylation sites (N-methyl/N-ethyl adjacent to an activating group) is 1. The molecular weight excluding hydrogens is 427 g/mol. The Morgan fingerprint density at radius 1 is 0.969 bits per heavy atom. The quantitative estimate of drug-likeness (QED) is 0.507. The van der Waals surface area contributed by atoms with Crippen LogP contribution in [0.2, 0.25) is 5.02 Å². The topological polar surface area (TPSA) is 49.4 Å². The van der Waals surface area contributed by atoms with Crippen molar-refractivity contribution < 1.29 is 14.0 Å². The molecule has 1 N–H and O–H groups in total. The van der Waals surface area contributed by atoms with Crippen molar-refractivity contribution in [1.82, 2.24) is 10.2 Å². The van der Waals surface area contributed by atoms with Gasteiger partial charge in [-0.05, 0) is 36.2 Å². The first-order chi connectivity index (χ1) is 15.5. The summed E-state index contributed by atoms with van der Waals surface area (Å²) < 4.78 is 14.5. The summed E-state index contributed by atoms with van der Waals surface area (Å²) in [5.74, 6) is -0.961. The summed E-state index contributed by atoms with van der Waals surface area (Å²) in [5.41, 5.74) is 2.00. The van der Waals surface area contributed by atoms with E-state index in [0.717, 1.165) is 11.1 Å². The van der Waals surface area contributed by atoms with Crippen LogP contribution in [0.25, 0.3) is 0 Å². The summed E-state index contributed by atoms with van der Waals surface area (Å²) >= 11 is 6.08. The Balaban J connectivity index is 1.97. The van der Waals surface area contributed by atoms with Crippen LogP contribution in [0.1, 0.15) is 23.6 Å². The van der Waals surface area contributed by atoms with Gasteiger partial charge in [-0.25, -0.2) is 4.39 Å². The van der Waals surface area contributed by atoms with E-state index in [1.165, 1.54) is 11.0 Å². The van der Waals surface area contributed by atoms with Crippen molar-refractivity contribution in [3.8, 4) is 0 Å². The van der Waals surface area contributed by atoms with Gasteiger partial charge in [0.05, 0.1) is 6.42 Å². The lowest BCUT2D eigenvalue weighted by atomic mass is 10.0. The van der Waals surface area contributed by atoms with E-state index in [-0.39, 0.29) is 24.8 Å². The molecule has 0 unspecified atom stereocenters. The van der Waals surface area contributed by atoms with Gasteiger partial charge in [-0.3, -0.25) is 9.59 Å². The molecular formula is C26H26ClFN2O2. The molecule has 3 aromatic rings. The zero-order chi connectivity index (χ0) is 22.9. The number of nitrogens with one attached hydrogen (secondary N) is 1. The number of carbonyl (C=O) groups is 2. The van der Waals surface area contributed by atoms with Crippen molar-refractivity contribution in [3.05, 3.63) is 106 Å². The molecule has 0 fully saturated rings. The lowest BCUT2D eigenvalue weighted by Gasteiger charge is -2.31. The summed E-state index contributed by atoms with van der Waals surface area (Å²) in [7, 11) is 0. The van der Waals surface area contributed by atoms with Gasteiger partial charge >= 0.3 is 0 Å². The number of carbonyl (C=O) groups excluding carboxylic acids is 2. The first-order valence-corrected chi connectivity index (χ1v) is 10.9. The summed E-state index contributed by atoms with van der Waals surface area (Å²) in [6, 6.07) is 22.1. The molecule has 0 spiro atoms. The second kappa shape index (κ2) is 11.4. The number of amides is 2. The van der Waals surface area contributed by atoms with Gasteiger partial charge in [-0.15, -0.1) is 0 Å². The number of halogens is 2. The van der Waals surface area contributed by atoms with Crippen molar-refractivity contribution in [2.75, 3.05) is 6.54 Å². The second-order valence-electron chi connectivity index (χ2n) is 7.52. The molecule has 0 radical (unpaired) electrons. The number of rotatable bonds is 9. The fourth-order valence-electron chi connectivity index (χ4n) is 3.58. The van der Waals surface area contributed by atoms with Gasteiger partial charge in [-0.2, -0.15) is 0 Å². The molecule has 0 saturated carbocycles. The minimum atomic E-state index is -0.788. The molecule has 0 saturated heterocycles. The van der Waals surface area contributed by atoms with Gasteiger partial charge in [-0.1, -0.05) is 72.3 Å². The zero-order valence-corrected chi connectivity index (χ0v) is 18.7. The highest BCUT2D eigenvalue weighted by Gasteiger charge is 2.30. The van der Waals surface area contributed by atoms with E-state index in [1.54, 1.807) is 36.4 Å². The minimum absolute atomic E-state index is 0.0132. The van der Waals surface area contributed by atoms with E-state index in [9.17, 15) is 14.0 Å². The summed E-state index contributed by atoms with van der Waals surface area (Å²) in [6.45, 7) is 2.24. The van der Waals surface area contributed by atoms with E-state index in [2.05, 4.69) is 5.32 Å². The Morgan fingerprint density at radius 2 is 1.66 bits per heavy atom. The standard InChI is InChI=1S/C26H26ClFN2O2/c1-2-29-26(32)24(16-19-9-4-3-5-10-19)30(18-21-12-6-7-14-23(21)28)25(31)17-20-11-8-13-22(27)15-20/h3-15,24H,2,16-18H2,1H3,(H,29,32)/t24-/m1/s1. The molecule has 6 heteroatoms. The van der Waals surface area contributed by atoms with E-state index in [0.29, 0.717) is 23.6 Å². The van der Waals surface area contributed by atoms with Crippen LogP contribution in [0.4, 0.5) is 4.39 Å². The third kappa shape index (κ3) is 6.41. The van der Waals surface area contributed by atoms with Crippen molar-refractivity contribution in [3.63, 3.8) is 0 Å². The fraction of sp³-hybridized carbons (Fsp3) is 0.231. The highest BCUT2D eigenvalue weighted by atomic mass is 35.5. The first-order valence-electron chi connectivity index (χ1n) is 10.6. The molecule has 0 heterocycles.